The lowest BCUT2D eigenvalue weighted by Gasteiger charge is -2.22. The van der Waals surface area contributed by atoms with Crippen LogP contribution in [0.5, 0.6) is 5.75 Å². The predicted molar refractivity (Wildman–Crippen MR) is 89.1 cm³/mol. The van der Waals surface area contributed by atoms with E-state index in [0.717, 1.165) is 54.9 Å². The molecule has 3 nitrogen and oxygen atoms in total. The van der Waals surface area contributed by atoms with Crippen molar-refractivity contribution in [2.45, 2.75) is 40.8 Å². The van der Waals surface area contributed by atoms with Gasteiger partial charge in [-0.25, -0.2) is 0 Å². The third-order valence-corrected chi connectivity index (χ3v) is 4.27. The van der Waals surface area contributed by atoms with Gasteiger partial charge in [-0.15, -0.1) is 0 Å². The van der Waals surface area contributed by atoms with Crippen LogP contribution in [0.1, 0.15) is 38.8 Å². The molecule has 0 atom stereocenters. The highest BCUT2D eigenvalue weighted by Crippen LogP contribution is 2.29. The van der Waals surface area contributed by atoms with E-state index in [9.17, 15) is 5.11 Å². The average molecular weight is 343 g/mol. The van der Waals surface area contributed by atoms with Crippen molar-refractivity contribution in [1.82, 2.24) is 9.80 Å². The van der Waals surface area contributed by atoms with Gasteiger partial charge < -0.3 is 5.11 Å². The smallest absolute Gasteiger partial charge is 0.124 e. The number of benzene rings is 1. The lowest BCUT2D eigenvalue weighted by molar-refractivity contribution is 0.281. The fourth-order valence-electron chi connectivity index (χ4n) is 2.33. The molecule has 0 amide bonds. The molecule has 0 unspecified atom stereocenters. The van der Waals surface area contributed by atoms with Crippen LogP contribution in [0, 0.1) is 0 Å². The van der Waals surface area contributed by atoms with Gasteiger partial charge in [-0.1, -0.05) is 43.6 Å². The number of hydrogen-bond donors (Lipinski definition) is 1. The van der Waals surface area contributed by atoms with Crippen molar-refractivity contribution in [3.8, 4) is 5.75 Å². The maximum absolute atomic E-state index is 10.5. The van der Waals surface area contributed by atoms with Crippen molar-refractivity contribution in [3.63, 3.8) is 0 Å². The minimum absolute atomic E-state index is 0.451. The van der Waals surface area contributed by atoms with Crippen LogP contribution in [-0.2, 0) is 13.1 Å². The van der Waals surface area contributed by atoms with Gasteiger partial charge in [0.1, 0.15) is 5.75 Å². The summed E-state index contributed by atoms with van der Waals surface area (Å²) in [5.41, 5.74) is 2.01. The van der Waals surface area contributed by atoms with Gasteiger partial charge in [0.15, 0.2) is 0 Å². The summed E-state index contributed by atoms with van der Waals surface area (Å²) in [6.07, 6.45) is 0. The summed E-state index contributed by atoms with van der Waals surface area (Å²) in [6.45, 7) is 14.2. The zero-order valence-electron chi connectivity index (χ0n) is 13.1. The Labute approximate surface area is 131 Å². The summed E-state index contributed by atoms with van der Waals surface area (Å²) >= 11 is 3.57. The SMILES string of the molecule is CCN(CC)Cc1cc(Br)cc(CN(CC)CC)c1O. The Morgan fingerprint density at radius 1 is 0.850 bits per heavy atom. The molecule has 1 rings (SSSR count). The Hall–Kier alpha value is -0.580. The van der Waals surface area contributed by atoms with Crippen LogP contribution in [-0.4, -0.2) is 41.1 Å². The molecule has 20 heavy (non-hydrogen) atoms. The van der Waals surface area contributed by atoms with E-state index in [0.29, 0.717) is 5.75 Å². The normalized spacial score (nSPS) is 11.6. The molecule has 0 aliphatic rings. The Balaban J connectivity index is 2.99. The zero-order chi connectivity index (χ0) is 15.1. The average Bonchev–Trinajstić information content (AvgIpc) is 2.46. The molecule has 1 aromatic rings. The first kappa shape index (κ1) is 17.5. The topological polar surface area (TPSA) is 26.7 Å². The summed E-state index contributed by atoms with van der Waals surface area (Å²) in [4.78, 5) is 4.62. The van der Waals surface area contributed by atoms with E-state index in [4.69, 9.17) is 0 Å². The highest BCUT2D eigenvalue weighted by molar-refractivity contribution is 9.10. The summed E-state index contributed by atoms with van der Waals surface area (Å²) in [5.74, 6) is 0.451. The monoisotopic (exact) mass is 342 g/mol. The van der Waals surface area contributed by atoms with Crippen molar-refractivity contribution in [1.29, 1.82) is 0 Å². The van der Waals surface area contributed by atoms with Crippen LogP contribution in [0.15, 0.2) is 16.6 Å². The van der Waals surface area contributed by atoms with Crippen LogP contribution in [0.2, 0.25) is 0 Å². The van der Waals surface area contributed by atoms with E-state index < -0.39 is 0 Å². The van der Waals surface area contributed by atoms with Crippen LogP contribution in [0.25, 0.3) is 0 Å². The lowest BCUT2D eigenvalue weighted by atomic mass is 10.1. The number of aromatic hydroxyl groups is 1. The Morgan fingerprint density at radius 2 is 1.20 bits per heavy atom. The molecule has 1 aromatic carbocycles. The zero-order valence-corrected chi connectivity index (χ0v) is 14.7. The van der Waals surface area contributed by atoms with Gasteiger partial charge in [0.25, 0.3) is 0 Å². The molecule has 114 valence electrons. The second-order valence-electron chi connectivity index (χ2n) is 5.00. The first-order valence-electron chi connectivity index (χ1n) is 7.50. The molecule has 0 fully saturated rings. The van der Waals surface area contributed by atoms with Crippen molar-refractivity contribution in [2.75, 3.05) is 26.2 Å². The second-order valence-corrected chi connectivity index (χ2v) is 5.91. The Kier molecular flexibility index (Phi) is 7.56. The summed E-state index contributed by atoms with van der Waals surface area (Å²) in [6, 6.07) is 4.05. The van der Waals surface area contributed by atoms with E-state index >= 15 is 0 Å². The first-order chi connectivity index (χ1) is 9.55. The molecule has 0 aliphatic carbocycles. The van der Waals surface area contributed by atoms with Gasteiger partial charge >= 0.3 is 0 Å². The van der Waals surface area contributed by atoms with Crippen molar-refractivity contribution in [2.24, 2.45) is 0 Å². The first-order valence-corrected chi connectivity index (χ1v) is 8.29. The number of phenolic OH excluding ortho intramolecular Hbond substituents is 1. The largest absolute Gasteiger partial charge is 0.507 e. The van der Waals surface area contributed by atoms with E-state index in [2.05, 4.69) is 53.4 Å². The number of hydrogen-bond acceptors (Lipinski definition) is 3. The molecule has 0 saturated heterocycles. The number of rotatable bonds is 8. The second kappa shape index (κ2) is 8.65. The number of nitrogens with zero attached hydrogens (tertiary/aromatic N) is 2. The minimum atomic E-state index is 0.451. The third-order valence-electron chi connectivity index (χ3n) is 3.81. The van der Waals surface area contributed by atoms with Crippen LogP contribution in [0.3, 0.4) is 0 Å². The summed E-state index contributed by atoms with van der Waals surface area (Å²) in [5, 5.41) is 10.5. The molecular weight excluding hydrogens is 316 g/mol. The van der Waals surface area contributed by atoms with Gasteiger partial charge in [0.2, 0.25) is 0 Å². The molecule has 0 radical (unpaired) electrons. The fourth-order valence-corrected chi connectivity index (χ4v) is 2.89. The highest BCUT2D eigenvalue weighted by atomic mass is 79.9. The minimum Gasteiger partial charge on any atom is -0.507 e. The molecule has 0 aliphatic heterocycles. The Morgan fingerprint density at radius 3 is 1.50 bits per heavy atom. The maximum Gasteiger partial charge on any atom is 0.124 e. The molecular formula is C16H27BrN2O. The molecule has 4 heteroatoms. The molecule has 1 N–H and O–H groups in total. The molecule has 0 spiro atoms. The molecule has 0 aromatic heterocycles. The van der Waals surface area contributed by atoms with E-state index in [1.54, 1.807) is 0 Å². The van der Waals surface area contributed by atoms with Gasteiger partial charge in [-0.3, -0.25) is 9.80 Å². The predicted octanol–water partition coefficient (Wildman–Crippen LogP) is 3.84. The van der Waals surface area contributed by atoms with Gasteiger partial charge in [0.05, 0.1) is 0 Å². The van der Waals surface area contributed by atoms with Crippen molar-refractivity contribution >= 4 is 15.9 Å². The Bertz CT molecular complexity index is 380. The van der Waals surface area contributed by atoms with E-state index in [1.165, 1.54) is 0 Å². The van der Waals surface area contributed by atoms with Gasteiger partial charge in [0, 0.05) is 28.7 Å². The van der Waals surface area contributed by atoms with Crippen LogP contribution < -0.4 is 0 Å². The highest BCUT2D eigenvalue weighted by Gasteiger charge is 2.13. The molecule has 0 heterocycles. The summed E-state index contributed by atoms with van der Waals surface area (Å²) < 4.78 is 1.04. The van der Waals surface area contributed by atoms with Crippen molar-refractivity contribution < 1.29 is 5.11 Å². The van der Waals surface area contributed by atoms with Crippen LogP contribution >= 0.6 is 15.9 Å². The lowest BCUT2D eigenvalue weighted by Crippen LogP contribution is -2.24. The summed E-state index contributed by atoms with van der Waals surface area (Å²) in [7, 11) is 0. The quantitative estimate of drug-likeness (QED) is 0.777. The standard InChI is InChI=1S/C16H27BrN2O/c1-5-18(6-2)11-13-9-15(17)10-14(16(13)20)12-19(7-3)8-4/h9-10,20H,5-8,11-12H2,1-4H3. The van der Waals surface area contributed by atoms with Crippen LogP contribution in [0.4, 0.5) is 0 Å². The number of phenols is 1. The number of halogens is 1. The van der Waals surface area contributed by atoms with Gasteiger partial charge in [-0.05, 0) is 38.3 Å². The van der Waals surface area contributed by atoms with E-state index in [1.807, 2.05) is 12.1 Å². The molecule has 0 saturated carbocycles. The fraction of sp³-hybridized carbons (Fsp3) is 0.625. The van der Waals surface area contributed by atoms with Crippen molar-refractivity contribution in [3.05, 3.63) is 27.7 Å². The molecule has 0 bridgehead atoms. The van der Waals surface area contributed by atoms with Gasteiger partial charge in [-0.2, -0.15) is 0 Å². The third kappa shape index (κ3) is 4.76. The maximum atomic E-state index is 10.5. The van der Waals surface area contributed by atoms with E-state index in [-0.39, 0.29) is 0 Å².